The summed E-state index contributed by atoms with van der Waals surface area (Å²) in [6.07, 6.45) is -1.06. The number of nitrogens with two attached hydrogens (primary N) is 1. The molecule has 8 N–H and O–H groups in total. The van der Waals surface area contributed by atoms with Crippen LogP contribution in [0.5, 0.6) is 0 Å². The summed E-state index contributed by atoms with van der Waals surface area (Å²) in [6, 6.07) is 5.52. The second-order valence-electron chi connectivity index (χ2n) is 8.45. The number of nitrogens with one attached hydrogen (secondary N) is 1. The molecule has 24 heteroatoms. The van der Waals surface area contributed by atoms with Crippen LogP contribution in [0.25, 0.3) is 0 Å². The van der Waals surface area contributed by atoms with Crippen LogP contribution in [0.1, 0.15) is 24.6 Å². The quantitative estimate of drug-likeness (QED) is 0.0606. The van der Waals surface area contributed by atoms with Crippen molar-refractivity contribution in [2.45, 2.75) is 36.3 Å². The number of hydrogen-bond acceptors (Lipinski definition) is 15. The van der Waals surface area contributed by atoms with Gasteiger partial charge in [-0.1, -0.05) is 28.7 Å². The van der Waals surface area contributed by atoms with Gasteiger partial charge in [0.25, 0.3) is 0 Å². The maximum Gasteiger partial charge on any atom is 0.490 e. The molecule has 0 spiro atoms. The van der Waals surface area contributed by atoms with Crippen molar-refractivity contribution in [2.75, 3.05) is 24.6 Å². The molecule has 0 aromatic carbocycles. The minimum absolute atomic E-state index is 0.0310. The van der Waals surface area contributed by atoms with Gasteiger partial charge in [-0.15, -0.1) is 0 Å². The zero-order chi connectivity index (χ0) is 32.5. The van der Waals surface area contributed by atoms with Crippen LogP contribution in [0, 0.1) is 11.8 Å². The molecule has 1 fully saturated rings. The lowest BCUT2D eigenvalue weighted by Gasteiger charge is -2.19. The van der Waals surface area contributed by atoms with Gasteiger partial charge in [-0.3, -0.25) is 13.9 Å². The standard InChI is InChI=1S/C20H26N5O14P3S2/c21-19-13(4-3-8-22-16(27)6-9-43-44-17-5-1-2-7-23-17)11-25(20(28)24-19)18-10-14(26)15(37-18)12-36-41(32,33)39-42(34,35)38-40(29,30)31/h1-2,5,7,11,14-15,18,26H,6,8-10,12H2,(H,22,27)(H,32,33)(H,34,35)(H2,21,24,28)(H2,29,30,31)/t14?,15-,18-/m1/s1. The lowest BCUT2D eigenvalue weighted by atomic mass is 10.2. The first-order valence-corrected chi connectivity index (χ1v) is 18.8. The molecular weight excluding hydrogens is 691 g/mol. The van der Waals surface area contributed by atoms with Gasteiger partial charge in [-0.2, -0.15) is 13.6 Å². The van der Waals surface area contributed by atoms with Crippen LogP contribution in [-0.2, 0) is 36.4 Å². The molecule has 19 nitrogen and oxygen atoms in total. The molecule has 5 atom stereocenters. The van der Waals surface area contributed by atoms with E-state index in [4.69, 9.17) is 20.3 Å². The number of hydrogen-bond donors (Lipinski definition) is 7. The number of aromatic nitrogens is 3. The number of carbonyl (C=O) groups is 1. The number of phosphoric acid groups is 3. The minimum Gasteiger partial charge on any atom is -0.390 e. The Balaban J connectivity index is 1.52. The van der Waals surface area contributed by atoms with Crippen molar-refractivity contribution in [1.82, 2.24) is 19.9 Å². The zero-order valence-electron chi connectivity index (χ0n) is 22.1. The zero-order valence-corrected chi connectivity index (χ0v) is 26.5. The third kappa shape index (κ3) is 12.4. The summed E-state index contributed by atoms with van der Waals surface area (Å²) < 4.78 is 52.3. The monoisotopic (exact) mass is 717 g/mol. The molecule has 0 bridgehead atoms. The molecule has 3 unspecified atom stereocenters. The number of anilines is 1. The van der Waals surface area contributed by atoms with Gasteiger partial charge in [-0.25, -0.2) is 23.5 Å². The third-order valence-electron chi connectivity index (χ3n) is 5.10. The SMILES string of the molecule is Nc1nc(=O)n([C@H]2CC(O)[C@@H](COP(=O)(O)OP(=O)(O)OP(=O)(O)O)O2)cc1C#CCNC(=O)CCSSc1ccccn1. The Kier molecular flexibility index (Phi) is 13.2. The number of aliphatic hydroxyl groups is 1. The molecule has 242 valence electrons. The van der Waals surface area contributed by atoms with Crippen molar-refractivity contribution >= 4 is 56.8 Å². The number of nitrogens with zero attached hydrogens (tertiary/aromatic N) is 3. The van der Waals surface area contributed by atoms with Gasteiger partial charge in [-0.05, 0) is 22.9 Å². The van der Waals surface area contributed by atoms with Crippen molar-refractivity contribution < 1.29 is 61.1 Å². The second-order valence-corrected chi connectivity index (χ2v) is 15.3. The molecule has 1 aliphatic heterocycles. The van der Waals surface area contributed by atoms with Crippen molar-refractivity contribution in [3.63, 3.8) is 0 Å². The summed E-state index contributed by atoms with van der Waals surface area (Å²) >= 11 is 0. The molecule has 1 aliphatic rings. The van der Waals surface area contributed by atoms with E-state index in [1.165, 1.54) is 27.8 Å². The van der Waals surface area contributed by atoms with Gasteiger partial charge < -0.3 is 40.5 Å². The highest BCUT2D eigenvalue weighted by molar-refractivity contribution is 8.76. The van der Waals surface area contributed by atoms with Gasteiger partial charge in [0.05, 0.1) is 24.8 Å². The Morgan fingerprint density at radius 3 is 2.64 bits per heavy atom. The predicted octanol–water partition coefficient (Wildman–Crippen LogP) is 0.510. The van der Waals surface area contributed by atoms with Gasteiger partial charge in [0.15, 0.2) is 0 Å². The highest BCUT2D eigenvalue weighted by atomic mass is 33.1. The highest BCUT2D eigenvalue weighted by Crippen LogP contribution is 2.66. The average molecular weight is 718 g/mol. The molecule has 2 aromatic heterocycles. The molecule has 3 rings (SSSR count). The van der Waals surface area contributed by atoms with Crippen LogP contribution < -0.4 is 16.7 Å². The van der Waals surface area contributed by atoms with Crippen LogP contribution in [0.4, 0.5) is 5.82 Å². The van der Waals surface area contributed by atoms with Gasteiger partial charge in [0.2, 0.25) is 5.91 Å². The summed E-state index contributed by atoms with van der Waals surface area (Å²) in [5.74, 6) is 5.46. The summed E-state index contributed by atoms with van der Waals surface area (Å²) in [5, 5.41) is 13.8. The van der Waals surface area contributed by atoms with Crippen LogP contribution in [0.15, 0.2) is 40.4 Å². The largest absolute Gasteiger partial charge is 0.490 e. The Hall–Kier alpha value is -2.11. The first-order valence-electron chi connectivity index (χ1n) is 12.0. The Bertz CT molecular complexity index is 1580. The Morgan fingerprint density at radius 2 is 1.95 bits per heavy atom. The van der Waals surface area contributed by atoms with Crippen LogP contribution in [-0.4, -0.2) is 76.2 Å². The van der Waals surface area contributed by atoms with E-state index in [0.717, 1.165) is 9.59 Å². The summed E-state index contributed by atoms with van der Waals surface area (Å²) in [6.45, 7) is -0.956. The first-order chi connectivity index (χ1) is 20.5. The van der Waals surface area contributed by atoms with Gasteiger partial charge in [0, 0.05) is 31.0 Å². The van der Waals surface area contributed by atoms with Crippen molar-refractivity contribution in [1.29, 1.82) is 0 Å². The number of nitrogen functional groups attached to an aromatic ring is 1. The van der Waals surface area contributed by atoms with Gasteiger partial charge >= 0.3 is 29.2 Å². The molecule has 1 amide bonds. The number of pyridine rings is 1. The van der Waals surface area contributed by atoms with Gasteiger partial charge in [0.1, 0.15) is 23.2 Å². The van der Waals surface area contributed by atoms with E-state index in [1.54, 1.807) is 12.3 Å². The van der Waals surface area contributed by atoms with E-state index in [9.17, 15) is 38.2 Å². The normalized spacial score (nSPS) is 21.1. The topological polar surface area (TPSA) is 292 Å². The van der Waals surface area contributed by atoms with Crippen LogP contribution in [0.2, 0.25) is 0 Å². The maximum absolute atomic E-state index is 12.4. The maximum atomic E-state index is 12.4. The lowest BCUT2D eigenvalue weighted by Crippen LogP contribution is -2.29. The molecule has 0 saturated carbocycles. The Labute approximate surface area is 256 Å². The molecule has 0 radical (unpaired) electrons. The fourth-order valence-electron chi connectivity index (χ4n) is 3.29. The number of ether oxygens (including phenoxy) is 1. The summed E-state index contributed by atoms with van der Waals surface area (Å²) in [7, 11) is -13.8. The predicted molar refractivity (Wildman–Crippen MR) is 154 cm³/mol. The fourth-order valence-corrected chi connectivity index (χ4v) is 8.19. The molecule has 3 heterocycles. The van der Waals surface area contributed by atoms with Crippen molar-refractivity contribution in [3.05, 3.63) is 46.6 Å². The van der Waals surface area contributed by atoms with E-state index < -0.39 is 54.2 Å². The number of rotatable bonds is 14. The molecule has 1 saturated heterocycles. The Morgan fingerprint density at radius 1 is 1.20 bits per heavy atom. The summed E-state index contributed by atoms with van der Waals surface area (Å²) in [4.78, 5) is 68.3. The average Bonchev–Trinajstić information content (AvgIpc) is 3.27. The van der Waals surface area contributed by atoms with E-state index in [0.29, 0.717) is 5.75 Å². The smallest absolute Gasteiger partial charge is 0.390 e. The summed E-state index contributed by atoms with van der Waals surface area (Å²) in [5.41, 5.74) is 5.00. The van der Waals surface area contributed by atoms with E-state index in [2.05, 4.69) is 40.3 Å². The molecule has 0 aliphatic carbocycles. The van der Waals surface area contributed by atoms with Crippen molar-refractivity contribution in [3.8, 4) is 11.8 Å². The van der Waals surface area contributed by atoms with E-state index in [-0.39, 0.29) is 36.7 Å². The lowest BCUT2D eigenvalue weighted by molar-refractivity contribution is -0.120. The third-order valence-corrected chi connectivity index (χ3v) is 11.2. The van der Waals surface area contributed by atoms with Crippen LogP contribution >= 0.6 is 45.1 Å². The number of phosphoric ester groups is 1. The second kappa shape index (κ2) is 15.9. The molecule has 2 aromatic rings. The van der Waals surface area contributed by atoms with Crippen molar-refractivity contribution in [2.24, 2.45) is 0 Å². The first kappa shape index (κ1) is 36.4. The van der Waals surface area contributed by atoms with Crippen LogP contribution in [0.3, 0.4) is 0 Å². The minimum atomic E-state index is -5.73. The van der Waals surface area contributed by atoms with E-state index in [1.807, 2.05) is 12.1 Å². The number of carbonyl (C=O) groups excluding carboxylic acids is 1. The van der Waals surface area contributed by atoms with E-state index >= 15 is 0 Å². The molecular formula is C20H26N5O14P3S2. The number of aliphatic hydroxyl groups excluding tert-OH is 1. The highest BCUT2D eigenvalue weighted by Gasteiger charge is 2.43. The molecule has 44 heavy (non-hydrogen) atoms. The fraction of sp³-hybridized carbons (Fsp3) is 0.400. The number of amides is 1.